The maximum atomic E-state index is 12.3. The van der Waals surface area contributed by atoms with Crippen LogP contribution < -0.4 is 4.74 Å². The van der Waals surface area contributed by atoms with E-state index in [0.29, 0.717) is 17.2 Å². The Bertz CT molecular complexity index is 590. The van der Waals surface area contributed by atoms with E-state index < -0.39 is 0 Å². The highest BCUT2D eigenvalue weighted by atomic mass is 16.5. The van der Waals surface area contributed by atoms with Crippen molar-refractivity contribution in [2.45, 2.75) is 19.3 Å². The predicted molar refractivity (Wildman–Crippen MR) is 80.5 cm³/mol. The summed E-state index contributed by atoms with van der Waals surface area (Å²) in [6.07, 6.45) is 5.11. The van der Waals surface area contributed by atoms with Crippen LogP contribution in [0.3, 0.4) is 0 Å². The Balaban J connectivity index is 1.67. The Hall–Kier alpha value is -2.36. The van der Waals surface area contributed by atoms with Crippen molar-refractivity contribution in [3.63, 3.8) is 0 Å². The number of nitrogens with zero attached hydrogens (tertiary/aromatic N) is 2. The molecule has 0 saturated carbocycles. The Morgan fingerprint density at radius 1 is 1.00 bits per heavy atom. The molecular formula is C17H18N2O2. The summed E-state index contributed by atoms with van der Waals surface area (Å²) < 4.78 is 5.62. The van der Waals surface area contributed by atoms with Crippen LogP contribution in [0, 0.1) is 0 Å². The van der Waals surface area contributed by atoms with Gasteiger partial charge in [0.1, 0.15) is 5.75 Å². The van der Waals surface area contributed by atoms with Gasteiger partial charge in [0, 0.05) is 30.9 Å². The molecule has 0 aliphatic carbocycles. The monoisotopic (exact) mass is 282 g/mol. The van der Waals surface area contributed by atoms with Gasteiger partial charge >= 0.3 is 0 Å². The number of ether oxygens (including phenoxy) is 1. The van der Waals surface area contributed by atoms with Crippen LogP contribution in [0.1, 0.15) is 29.6 Å². The number of aromatic nitrogens is 1. The minimum atomic E-state index is 0.110. The molecule has 2 aromatic rings. The van der Waals surface area contributed by atoms with Gasteiger partial charge in [-0.25, -0.2) is 4.98 Å². The number of pyridine rings is 1. The third-order valence-corrected chi connectivity index (χ3v) is 3.60. The molecule has 4 nitrogen and oxygen atoms in total. The number of benzene rings is 1. The molecule has 0 atom stereocenters. The van der Waals surface area contributed by atoms with Gasteiger partial charge in [0.25, 0.3) is 5.91 Å². The summed E-state index contributed by atoms with van der Waals surface area (Å²) in [6, 6.07) is 12.8. The van der Waals surface area contributed by atoms with E-state index in [1.807, 2.05) is 41.3 Å². The standard InChI is InChI=1S/C17H18N2O2/c20-17(19-12-4-1-5-13-19)14-7-9-15(10-8-14)21-16-6-2-3-11-18-16/h2-3,6-11H,1,4-5,12-13H2. The molecule has 1 fully saturated rings. The lowest BCUT2D eigenvalue weighted by molar-refractivity contribution is 0.0724. The molecule has 3 rings (SSSR count). The van der Waals surface area contributed by atoms with Crippen molar-refractivity contribution < 1.29 is 9.53 Å². The molecule has 4 heteroatoms. The van der Waals surface area contributed by atoms with Gasteiger partial charge in [0.05, 0.1) is 0 Å². The highest BCUT2D eigenvalue weighted by molar-refractivity contribution is 5.94. The van der Waals surface area contributed by atoms with E-state index in [2.05, 4.69) is 4.98 Å². The predicted octanol–water partition coefficient (Wildman–Crippen LogP) is 3.50. The zero-order valence-electron chi connectivity index (χ0n) is 11.9. The van der Waals surface area contributed by atoms with E-state index in [1.165, 1.54) is 6.42 Å². The molecular weight excluding hydrogens is 264 g/mol. The summed E-state index contributed by atoms with van der Waals surface area (Å²) >= 11 is 0. The molecule has 2 heterocycles. The van der Waals surface area contributed by atoms with Crippen molar-refractivity contribution in [1.82, 2.24) is 9.88 Å². The van der Waals surface area contributed by atoms with Crippen LogP contribution in [-0.4, -0.2) is 28.9 Å². The highest BCUT2D eigenvalue weighted by Gasteiger charge is 2.17. The number of likely N-dealkylation sites (tertiary alicyclic amines) is 1. The van der Waals surface area contributed by atoms with Crippen LogP contribution in [-0.2, 0) is 0 Å². The zero-order chi connectivity index (χ0) is 14.5. The number of carbonyl (C=O) groups is 1. The zero-order valence-corrected chi connectivity index (χ0v) is 11.9. The summed E-state index contributed by atoms with van der Waals surface area (Å²) in [4.78, 5) is 18.4. The van der Waals surface area contributed by atoms with E-state index in [1.54, 1.807) is 12.3 Å². The Labute approximate surface area is 124 Å². The Morgan fingerprint density at radius 3 is 2.43 bits per heavy atom. The van der Waals surface area contributed by atoms with Gasteiger partial charge in [0.15, 0.2) is 0 Å². The van der Waals surface area contributed by atoms with Gasteiger partial charge in [-0.05, 0) is 49.6 Å². The lowest BCUT2D eigenvalue weighted by Gasteiger charge is -2.26. The number of amides is 1. The molecule has 0 spiro atoms. The summed E-state index contributed by atoms with van der Waals surface area (Å²) in [5.41, 5.74) is 0.713. The summed E-state index contributed by atoms with van der Waals surface area (Å²) in [7, 11) is 0. The Morgan fingerprint density at radius 2 is 1.76 bits per heavy atom. The maximum absolute atomic E-state index is 12.3. The molecule has 0 N–H and O–H groups in total. The number of piperidine rings is 1. The largest absolute Gasteiger partial charge is 0.439 e. The molecule has 108 valence electrons. The fourth-order valence-electron chi connectivity index (χ4n) is 2.47. The number of carbonyl (C=O) groups excluding carboxylic acids is 1. The first-order valence-corrected chi connectivity index (χ1v) is 7.31. The van der Waals surface area contributed by atoms with Crippen LogP contribution in [0.4, 0.5) is 0 Å². The first kappa shape index (κ1) is 13.6. The molecule has 21 heavy (non-hydrogen) atoms. The minimum Gasteiger partial charge on any atom is -0.439 e. The van der Waals surface area contributed by atoms with Crippen LogP contribution in [0.25, 0.3) is 0 Å². The minimum absolute atomic E-state index is 0.110. The molecule has 1 saturated heterocycles. The molecule has 1 amide bonds. The van der Waals surface area contributed by atoms with E-state index in [4.69, 9.17) is 4.74 Å². The molecule has 1 aromatic carbocycles. The number of rotatable bonds is 3. The van der Waals surface area contributed by atoms with Crippen LogP contribution in [0.15, 0.2) is 48.7 Å². The van der Waals surface area contributed by atoms with Gasteiger partial charge in [0.2, 0.25) is 5.88 Å². The van der Waals surface area contributed by atoms with E-state index in [9.17, 15) is 4.79 Å². The van der Waals surface area contributed by atoms with E-state index in [-0.39, 0.29) is 5.91 Å². The SMILES string of the molecule is O=C(c1ccc(Oc2ccccn2)cc1)N1CCCCC1. The second-order valence-electron chi connectivity index (χ2n) is 5.15. The summed E-state index contributed by atoms with van der Waals surface area (Å²) in [6.45, 7) is 1.73. The van der Waals surface area contributed by atoms with Gasteiger partial charge in [-0.15, -0.1) is 0 Å². The summed E-state index contributed by atoms with van der Waals surface area (Å²) in [5, 5.41) is 0. The first-order chi connectivity index (χ1) is 10.3. The molecule has 0 radical (unpaired) electrons. The quantitative estimate of drug-likeness (QED) is 0.865. The molecule has 1 aliphatic heterocycles. The first-order valence-electron chi connectivity index (χ1n) is 7.31. The van der Waals surface area contributed by atoms with Gasteiger partial charge in [-0.3, -0.25) is 4.79 Å². The normalized spacial score (nSPS) is 14.8. The third-order valence-electron chi connectivity index (χ3n) is 3.60. The van der Waals surface area contributed by atoms with Crippen LogP contribution in [0.5, 0.6) is 11.6 Å². The van der Waals surface area contributed by atoms with Gasteiger partial charge in [-0.2, -0.15) is 0 Å². The fraction of sp³-hybridized carbons (Fsp3) is 0.294. The number of hydrogen-bond acceptors (Lipinski definition) is 3. The molecule has 0 unspecified atom stereocenters. The third kappa shape index (κ3) is 3.40. The number of hydrogen-bond donors (Lipinski definition) is 0. The van der Waals surface area contributed by atoms with Gasteiger partial charge < -0.3 is 9.64 Å². The van der Waals surface area contributed by atoms with Gasteiger partial charge in [-0.1, -0.05) is 6.07 Å². The lowest BCUT2D eigenvalue weighted by Crippen LogP contribution is -2.35. The fourth-order valence-corrected chi connectivity index (χ4v) is 2.47. The second kappa shape index (κ2) is 6.39. The van der Waals surface area contributed by atoms with Crippen molar-refractivity contribution in [2.24, 2.45) is 0 Å². The van der Waals surface area contributed by atoms with Crippen molar-refractivity contribution in [3.05, 3.63) is 54.2 Å². The van der Waals surface area contributed by atoms with Crippen molar-refractivity contribution in [2.75, 3.05) is 13.1 Å². The maximum Gasteiger partial charge on any atom is 0.253 e. The van der Waals surface area contributed by atoms with E-state index in [0.717, 1.165) is 25.9 Å². The lowest BCUT2D eigenvalue weighted by atomic mass is 10.1. The highest BCUT2D eigenvalue weighted by Crippen LogP contribution is 2.20. The smallest absolute Gasteiger partial charge is 0.253 e. The Kier molecular flexibility index (Phi) is 4.15. The van der Waals surface area contributed by atoms with Crippen LogP contribution in [0.2, 0.25) is 0 Å². The average molecular weight is 282 g/mol. The molecule has 1 aromatic heterocycles. The molecule has 1 aliphatic rings. The average Bonchev–Trinajstić information content (AvgIpc) is 2.57. The topological polar surface area (TPSA) is 42.4 Å². The van der Waals surface area contributed by atoms with E-state index >= 15 is 0 Å². The molecule has 0 bridgehead atoms. The summed E-state index contributed by atoms with van der Waals surface area (Å²) in [5.74, 6) is 1.34. The van der Waals surface area contributed by atoms with Crippen LogP contribution >= 0.6 is 0 Å². The van der Waals surface area contributed by atoms with Crippen molar-refractivity contribution in [3.8, 4) is 11.6 Å². The van der Waals surface area contributed by atoms with Crippen molar-refractivity contribution >= 4 is 5.91 Å². The van der Waals surface area contributed by atoms with Crippen molar-refractivity contribution in [1.29, 1.82) is 0 Å². The second-order valence-corrected chi connectivity index (χ2v) is 5.15.